The highest BCUT2D eigenvalue weighted by molar-refractivity contribution is 5.55. The van der Waals surface area contributed by atoms with Gasteiger partial charge >= 0.3 is 0 Å². The van der Waals surface area contributed by atoms with Crippen LogP contribution in [0.2, 0.25) is 0 Å². The minimum Gasteiger partial charge on any atom is -0.367 e. The number of hydrogen-bond donors (Lipinski definition) is 1. The molecule has 1 fully saturated rings. The molecule has 104 valence electrons. The Kier molecular flexibility index (Phi) is 3.79. The number of hydrogen-bond acceptors (Lipinski definition) is 2. The molecular formula is C17H26N2. The van der Waals surface area contributed by atoms with E-state index in [1.165, 1.54) is 43.5 Å². The van der Waals surface area contributed by atoms with Crippen LogP contribution in [0.15, 0.2) is 24.3 Å². The van der Waals surface area contributed by atoms with Gasteiger partial charge in [0.25, 0.3) is 0 Å². The van der Waals surface area contributed by atoms with Crippen LogP contribution < -0.4 is 10.2 Å². The van der Waals surface area contributed by atoms with Crippen molar-refractivity contribution in [3.63, 3.8) is 0 Å². The summed E-state index contributed by atoms with van der Waals surface area (Å²) in [6.45, 7) is 6.85. The Hall–Kier alpha value is -1.02. The average molecular weight is 258 g/mol. The van der Waals surface area contributed by atoms with Crippen molar-refractivity contribution in [3.8, 4) is 0 Å². The van der Waals surface area contributed by atoms with Crippen LogP contribution in [0.5, 0.6) is 0 Å². The number of nitrogens with zero attached hydrogens (tertiary/aromatic N) is 1. The molecule has 0 radical (unpaired) electrons. The zero-order chi connectivity index (χ0) is 13.2. The minimum atomic E-state index is 0.605. The predicted molar refractivity (Wildman–Crippen MR) is 81.5 cm³/mol. The molecule has 3 rings (SSSR count). The number of benzene rings is 1. The van der Waals surface area contributed by atoms with Crippen LogP contribution in [-0.2, 0) is 6.54 Å². The predicted octanol–water partition coefficient (Wildman–Crippen LogP) is 3.56. The van der Waals surface area contributed by atoms with Crippen LogP contribution in [0.4, 0.5) is 5.69 Å². The van der Waals surface area contributed by atoms with E-state index in [0.717, 1.165) is 12.6 Å². The molecule has 1 aromatic rings. The van der Waals surface area contributed by atoms with Gasteiger partial charge in [0.05, 0.1) is 0 Å². The lowest BCUT2D eigenvalue weighted by atomic mass is 10.0. The summed E-state index contributed by atoms with van der Waals surface area (Å²) in [6, 6.07) is 10.3. The molecule has 1 heterocycles. The molecule has 0 saturated heterocycles. The molecule has 1 N–H and O–H groups in total. The van der Waals surface area contributed by atoms with Crippen molar-refractivity contribution >= 4 is 5.69 Å². The topological polar surface area (TPSA) is 15.3 Å². The molecule has 1 atom stereocenters. The monoisotopic (exact) mass is 258 g/mol. The molecule has 1 aromatic carbocycles. The van der Waals surface area contributed by atoms with Crippen molar-refractivity contribution in [1.82, 2.24) is 5.32 Å². The summed E-state index contributed by atoms with van der Waals surface area (Å²) in [5.41, 5.74) is 2.95. The Morgan fingerprint density at radius 3 is 2.63 bits per heavy atom. The molecule has 2 heteroatoms. The van der Waals surface area contributed by atoms with E-state index in [1.54, 1.807) is 0 Å². The van der Waals surface area contributed by atoms with E-state index in [-0.39, 0.29) is 0 Å². The first-order valence-electron chi connectivity index (χ1n) is 7.83. The zero-order valence-corrected chi connectivity index (χ0v) is 12.2. The van der Waals surface area contributed by atoms with E-state index in [9.17, 15) is 0 Å². The quantitative estimate of drug-likeness (QED) is 0.872. The van der Waals surface area contributed by atoms with Crippen LogP contribution in [0.1, 0.15) is 45.1 Å². The van der Waals surface area contributed by atoms with Crippen molar-refractivity contribution in [2.24, 2.45) is 5.92 Å². The van der Waals surface area contributed by atoms with Gasteiger partial charge in [-0.25, -0.2) is 0 Å². The lowest BCUT2D eigenvalue weighted by Crippen LogP contribution is -2.45. The lowest BCUT2D eigenvalue weighted by molar-refractivity contribution is 0.393. The number of para-hydroxylation sites is 1. The highest BCUT2D eigenvalue weighted by atomic mass is 15.2. The van der Waals surface area contributed by atoms with E-state index < -0.39 is 0 Å². The number of fused-ring (bicyclic) bond motifs is 1. The lowest BCUT2D eigenvalue weighted by Gasteiger charge is -2.34. The molecule has 1 aliphatic heterocycles. The van der Waals surface area contributed by atoms with Gasteiger partial charge in [0.1, 0.15) is 0 Å². The second kappa shape index (κ2) is 5.54. The maximum atomic E-state index is 3.75. The summed E-state index contributed by atoms with van der Waals surface area (Å²) in [7, 11) is 0. The van der Waals surface area contributed by atoms with E-state index in [4.69, 9.17) is 0 Å². The Labute approximate surface area is 117 Å². The van der Waals surface area contributed by atoms with Crippen molar-refractivity contribution in [2.45, 2.75) is 58.2 Å². The number of rotatable bonds is 2. The van der Waals surface area contributed by atoms with Crippen molar-refractivity contribution < 1.29 is 0 Å². The standard InChI is InChI=1S/C17H26N2/c1-13(2)16-12-19(15-8-4-5-9-15)17-10-6-3-7-14(17)11-18-16/h3,6-7,10,13,15-16,18H,4-5,8-9,11-12H2,1-2H3. The van der Waals surface area contributed by atoms with E-state index in [0.29, 0.717) is 12.0 Å². The number of nitrogens with one attached hydrogen (secondary N) is 1. The largest absolute Gasteiger partial charge is 0.367 e. The number of anilines is 1. The molecule has 1 saturated carbocycles. The molecule has 2 nitrogen and oxygen atoms in total. The molecule has 1 unspecified atom stereocenters. The molecule has 19 heavy (non-hydrogen) atoms. The maximum absolute atomic E-state index is 3.75. The summed E-state index contributed by atoms with van der Waals surface area (Å²) in [5.74, 6) is 0.693. The van der Waals surface area contributed by atoms with Crippen molar-refractivity contribution in [2.75, 3.05) is 11.4 Å². The second-order valence-electron chi connectivity index (χ2n) is 6.45. The van der Waals surface area contributed by atoms with Gasteiger partial charge in [-0.15, -0.1) is 0 Å². The summed E-state index contributed by atoms with van der Waals surface area (Å²) in [4.78, 5) is 2.70. The highest BCUT2D eigenvalue weighted by Gasteiger charge is 2.29. The van der Waals surface area contributed by atoms with Gasteiger partial charge in [-0.1, -0.05) is 44.9 Å². The maximum Gasteiger partial charge on any atom is 0.0414 e. The van der Waals surface area contributed by atoms with Gasteiger partial charge in [0.2, 0.25) is 0 Å². The molecule has 0 spiro atoms. The van der Waals surface area contributed by atoms with Crippen LogP contribution in [0, 0.1) is 5.92 Å². The van der Waals surface area contributed by atoms with Crippen LogP contribution in [0.25, 0.3) is 0 Å². The van der Waals surface area contributed by atoms with E-state index >= 15 is 0 Å². The van der Waals surface area contributed by atoms with Gasteiger partial charge in [-0.3, -0.25) is 0 Å². The Morgan fingerprint density at radius 1 is 1.16 bits per heavy atom. The highest BCUT2D eigenvalue weighted by Crippen LogP contribution is 2.32. The summed E-state index contributed by atoms with van der Waals surface area (Å²) >= 11 is 0. The average Bonchev–Trinajstić information content (AvgIpc) is 2.86. The third kappa shape index (κ3) is 2.64. The van der Waals surface area contributed by atoms with Crippen LogP contribution >= 0.6 is 0 Å². The van der Waals surface area contributed by atoms with E-state index in [2.05, 4.69) is 48.3 Å². The SMILES string of the molecule is CC(C)C1CN(C2CCCC2)c2ccccc2CN1. The fraction of sp³-hybridized carbons (Fsp3) is 0.647. The molecule has 0 amide bonds. The Balaban J connectivity index is 1.91. The molecule has 0 bridgehead atoms. The summed E-state index contributed by atoms with van der Waals surface area (Å²) < 4.78 is 0. The molecule has 1 aliphatic carbocycles. The van der Waals surface area contributed by atoms with Gasteiger partial charge in [-0.2, -0.15) is 0 Å². The third-order valence-corrected chi connectivity index (χ3v) is 4.82. The van der Waals surface area contributed by atoms with Gasteiger partial charge < -0.3 is 10.2 Å². The summed E-state index contributed by atoms with van der Waals surface area (Å²) in [6.07, 6.45) is 5.56. The Morgan fingerprint density at radius 2 is 1.89 bits per heavy atom. The van der Waals surface area contributed by atoms with E-state index in [1.807, 2.05) is 0 Å². The first kappa shape index (κ1) is 13.0. The second-order valence-corrected chi connectivity index (χ2v) is 6.45. The summed E-state index contributed by atoms with van der Waals surface area (Å²) in [5, 5.41) is 3.75. The molecular weight excluding hydrogens is 232 g/mol. The van der Waals surface area contributed by atoms with Crippen molar-refractivity contribution in [3.05, 3.63) is 29.8 Å². The minimum absolute atomic E-state index is 0.605. The Bertz CT molecular complexity index is 421. The fourth-order valence-corrected chi connectivity index (χ4v) is 3.56. The fourth-order valence-electron chi connectivity index (χ4n) is 3.56. The third-order valence-electron chi connectivity index (χ3n) is 4.82. The molecule has 2 aliphatic rings. The molecule has 0 aromatic heterocycles. The van der Waals surface area contributed by atoms with Crippen LogP contribution in [0.3, 0.4) is 0 Å². The van der Waals surface area contributed by atoms with Crippen LogP contribution in [-0.4, -0.2) is 18.6 Å². The first-order chi connectivity index (χ1) is 9.25. The smallest absolute Gasteiger partial charge is 0.0414 e. The van der Waals surface area contributed by atoms with Gasteiger partial charge in [0, 0.05) is 30.9 Å². The first-order valence-corrected chi connectivity index (χ1v) is 7.83. The van der Waals surface area contributed by atoms with Gasteiger partial charge in [0.15, 0.2) is 0 Å². The van der Waals surface area contributed by atoms with Gasteiger partial charge in [-0.05, 0) is 30.4 Å². The zero-order valence-electron chi connectivity index (χ0n) is 12.2. The van der Waals surface area contributed by atoms with Crippen molar-refractivity contribution in [1.29, 1.82) is 0 Å². The normalized spacial score (nSPS) is 24.6.